The molecule has 0 heterocycles. The fraction of sp³-hybridized carbons (Fsp3) is 0.400. The van der Waals surface area contributed by atoms with Gasteiger partial charge in [-0.1, -0.05) is 74.5 Å². The molecule has 0 saturated heterocycles. The summed E-state index contributed by atoms with van der Waals surface area (Å²) in [6.07, 6.45) is 1.08. The lowest BCUT2D eigenvalue weighted by Crippen LogP contribution is -2.33. The van der Waals surface area contributed by atoms with Gasteiger partial charge in [-0.2, -0.15) is 0 Å². The molecule has 21 heavy (non-hydrogen) atoms. The average Bonchev–Trinajstić information content (AvgIpc) is 2.49. The van der Waals surface area contributed by atoms with Gasteiger partial charge in [-0.05, 0) is 36.3 Å². The molecule has 1 N–H and O–H groups in total. The smallest absolute Gasteiger partial charge is 0.00793 e. The summed E-state index contributed by atoms with van der Waals surface area (Å²) < 4.78 is 0. The number of rotatable bonds is 7. The lowest BCUT2D eigenvalue weighted by molar-refractivity contribution is 0.430. The van der Waals surface area contributed by atoms with E-state index in [2.05, 4.69) is 86.8 Å². The first-order valence-electron chi connectivity index (χ1n) is 7.99. The first-order valence-corrected chi connectivity index (χ1v) is 7.99. The van der Waals surface area contributed by atoms with Crippen LogP contribution in [-0.4, -0.2) is 12.6 Å². The second kappa shape index (κ2) is 7.99. The normalized spacial score (nSPS) is 14.1. The quantitative estimate of drug-likeness (QED) is 0.779. The first-order chi connectivity index (χ1) is 10.2. The third kappa shape index (κ3) is 5.02. The van der Waals surface area contributed by atoms with Crippen LogP contribution >= 0.6 is 0 Å². The van der Waals surface area contributed by atoms with E-state index >= 15 is 0 Å². The van der Waals surface area contributed by atoms with Crippen LogP contribution in [0.1, 0.15) is 37.8 Å². The molecule has 0 saturated carbocycles. The third-order valence-electron chi connectivity index (χ3n) is 4.10. The van der Waals surface area contributed by atoms with Crippen molar-refractivity contribution in [3.05, 3.63) is 71.8 Å². The third-order valence-corrected chi connectivity index (χ3v) is 4.10. The Bertz CT molecular complexity index is 504. The van der Waals surface area contributed by atoms with Crippen molar-refractivity contribution in [2.24, 2.45) is 5.92 Å². The SMILES string of the molecule is CC(Cc1ccccc1)NCC(c1ccccc1)C(C)C. The molecule has 1 nitrogen and oxygen atoms in total. The molecular weight excluding hydrogens is 254 g/mol. The van der Waals surface area contributed by atoms with Crippen molar-refractivity contribution in [3.63, 3.8) is 0 Å². The summed E-state index contributed by atoms with van der Waals surface area (Å²) in [5.41, 5.74) is 2.84. The van der Waals surface area contributed by atoms with Gasteiger partial charge in [0, 0.05) is 12.6 Å². The largest absolute Gasteiger partial charge is 0.313 e. The molecule has 0 fully saturated rings. The van der Waals surface area contributed by atoms with E-state index in [9.17, 15) is 0 Å². The maximum Gasteiger partial charge on any atom is 0.00793 e. The van der Waals surface area contributed by atoms with Crippen LogP contribution in [-0.2, 0) is 6.42 Å². The molecule has 0 bridgehead atoms. The minimum absolute atomic E-state index is 0.498. The second-order valence-corrected chi connectivity index (χ2v) is 6.26. The van der Waals surface area contributed by atoms with E-state index in [1.54, 1.807) is 0 Å². The topological polar surface area (TPSA) is 12.0 Å². The Labute approximate surface area is 129 Å². The number of benzene rings is 2. The van der Waals surface area contributed by atoms with Gasteiger partial charge in [0.25, 0.3) is 0 Å². The van der Waals surface area contributed by atoms with E-state index in [1.807, 2.05) is 0 Å². The zero-order valence-electron chi connectivity index (χ0n) is 13.4. The van der Waals surface area contributed by atoms with Crippen LogP contribution in [0.25, 0.3) is 0 Å². The van der Waals surface area contributed by atoms with Gasteiger partial charge < -0.3 is 5.32 Å². The van der Waals surface area contributed by atoms with Crippen LogP contribution < -0.4 is 5.32 Å². The van der Waals surface area contributed by atoms with E-state index < -0.39 is 0 Å². The minimum atomic E-state index is 0.498. The molecule has 112 valence electrons. The molecule has 2 unspecified atom stereocenters. The fourth-order valence-corrected chi connectivity index (χ4v) is 2.81. The van der Waals surface area contributed by atoms with Crippen molar-refractivity contribution >= 4 is 0 Å². The maximum atomic E-state index is 3.71. The van der Waals surface area contributed by atoms with Crippen molar-refractivity contribution in [1.82, 2.24) is 5.32 Å². The highest BCUT2D eigenvalue weighted by Crippen LogP contribution is 2.23. The molecule has 0 aliphatic heterocycles. The highest BCUT2D eigenvalue weighted by Gasteiger charge is 2.16. The highest BCUT2D eigenvalue weighted by atomic mass is 14.9. The predicted octanol–water partition coefficient (Wildman–Crippen LogP) is 4.65. The number of hydrogen-bond acceptors (Lipinski definition) is 1. The summed E-state index contributed by atoms with van der Waals surface area (Å²) in [4.78, 5) is 0. The van der Waals surface area contributed by atoms with Crippen LogP contribution in [0.5, 0.6) is 0 Å². The van der Waals surface area contributed by atoms with Crippen LogP contribution in [0.3, 0.4) is 0 Å². The summed E-state index contributed by atoms with van der Waals surface area (Å²) in [5.74, 6) is 1.22. The summed E-state index contributed by atoms with van der Waals surface area (Å²) in [5, 5.41) is 3.71. The van der Waals surface area contributed by atoms with Crippen molar-refractivity contribution in [2.45, 2.75) is 39.2 Å². The lowest BCUT2D eigenvalue weighted by Gasteiger charge is -2.24. The molecule has 0 aliphatic rings. The van der Waals surface area contributed by atoms with Gasteiger partial charge in [0.2, 0.25) is 0 Å². The van der Waals surface area contributed by atoms with Gasteiger partial charge in [0.05, 0.1) is 0 Å². The maximum absolute atomic E-state index is 3.71. The van der Waals surface area contributed by atoms with Gasteiger partial charge in [-0.25, -0.2) is 0 Å². The van der Waals surface area contributed by atoms with Crippen LogP contribution in [0, 0.1) is 5.92 Å². The monoisotopic (exact) mass is 281 g/mol. The van der Waals surface area contributed by atoms with E-state index in [0.29, 0.717) is 17.9 Å². The van der Waals surface area contributed by atoms with E-state index in [1.165, 1.54) is 11.1 Å². The van der Waals surface area contributed by atoms with Crippen LogP contribution in [0.2, 0.25) is 0 Å². The van der Waals surface area contributed by atoms with Crippen molar-refractivity contribution in [2.75, 3.05) is 6.54 Å². The van der Waals surface area contributed by atoms with E-state index in [0.717, 1.165) is 13.0 Å². The van der Waals surface area contributed by atoms with Crippen LogP contribution in [0.4, 0.5) is 0 Å². The average molecular weight is 281 g/mol. The molecule has 0 spiro atoms. The van der Waals surface area contributed by atoms with Gasteiger partial charge in [-0.3, -0.25) is 0 Å². The zero-order valence-corrected chi connectivity index (χ0v) is 13.4. The van der Waals surface area contributed by atoms with Crippen molar-refractivity contribution < 1.29 is 0 Å². The molecule has 0 radical (unpaired) electrons. The van der Waals surface area contributed by atoms with Gasteiger partial charge >= 0.3 is 0 Å². The Morgan fingerprint density at radius 2 is 1.38 bits per heavy atom. The molecular formula is C20H27N. The lowest BCUT2D eigenvalue weighted by atomic mass is 9.88. The molecule has 0 aromatic heterocycles. The zero-order chi connectivity index (χ0) is 15.1. The number of hydrogen-bond donors (Lipinski definition) is 1. The fourth-order valence-electron chi connectivity index (χ4n) is 2.81. The van der Waals surface area contributed by atoms with Gasteiger partial charge in [-0.15, -0.1) is 0 Å². The van der Waals surface area contributed by atoms with E-state index in [4.69, 9.17) is 0 Å². The Morgan fingerprint density at radius 1 is 0.810 bits per heavy atom. The first kappa shape index (κ1) is 15.8. The minimum Gasteiger partial charge on any atom is -0.313 e. The molecule has 2 aromatic carbocycles. The van der Waals surface area contributed by atoms with Gasteiger partial charge in [0.1, 0.15) is 0 Å². The second-order valence-electron chi connectivity index (χ2n) is 6.26. The Morgan fingerprint density at radius 3 is 1.95 bits per heavy atom. The Hall–Kier alpha value is -1.60. The molecule has 2 aromatic rings. The van der Waals surface area contributed by atoms with Gasteiger partial charge in [0.15, 0.2) is 0 Å². The molecule has 0 aliphatic carbocycles. The van der Waals surface area contributed by atoms with Crippen LogP contribution in [0.15, 0.2) is 60.7 Å². The molecule has 0 amide bonds. The number of nitrogens with one attached hydrogen (secondary N) is 1. The summed E-state index contributed by atoms with van der Waals surface area (Å²) in [6.45, 7) is 7.92. The molecule has 2 atom stereocenters. The molecule has 2 rings (SSSR count). The highest BCUT2D eigenvalue weighted by molar-refractivity contribution is 5.20. The Balaban J connectivity index is 1.90. The summed E-state index contributed by atoms with van der Waals surface area (Å²) in [6, 6.07) is 22.1. The molecule has 1 heteroatoms. The standard InChI is InChI=1S/C20H27N/c1-16(2)20(19-12-8-5-9-13-19)15-21-17(3)14-18-10-6-4-7-11-18/h4-13,16-17,20-21H,14-15H2,1-3H3. The van der Waals surface area contributed by atoms with Crippen molar-refractivity contribution in [3.8, 4) is 0 Å². The summed E-state index contributed by atoms with van der Waals surface area (Å²) >= 11 is 0. The van der Waals surface area contributed by atoms with Crippen molar-refractivity contribution in [1.29, 1.82) is 0 Å². The van der Waals surface area contributed by atoms with E-state index in [-0.39, 0.29) is 0 Å². The predicted molar refractivity (Wildman–Crippen MR) is 91.6 cm³/mol. The summed E-state index contributed by atoms with van der Waals surface area (Å²) in [7, 11) is 0. The Kier molecular flexibility index (Phi) is 6.01.